The molecule has 2 aliphatic heterocycles. The summed E-state index contributed by atoms with van der Waals surface area (Å²) in [6.07, 6.45) is 1.86. The quantitative estimate of drug-likeness (QED) is 0.830. The van der Waals surface area contributed by atoms with Crippen LogP contribution in [0.2, 0.25) is 0 Å². The predicted octanol–water partition coefficient (Wildman–Crippen LogP) is 3.63. The average Bonchev–Trinajstić information content (AvgIpc) is 3.03. The van der Waals surface area contributed by atoms with Crippen LogP contribution in [-0.2, 0) is 17.8 Å². The first kappa shape index (κ1) is 19.1. The fraction of sp³-hybridized carbons (Fsp3) is 0.435. The van der Waals surface area contributed by atoms with Crippen molar-refractivity contribution >= 4 is 11.6 Å². The van der Waals surface area contributed by atoms with Crippen LogP contribution in [0.3, 0.4) is 0 Å². The number of amides is 1. The number of nitrogens with one attached hydrogen (secondary N) is 1. The molecule has 0 aliphatic carbocycles. The smallest absolute Gasteiger partial charge is 0.232 e. The molecule has 0 saturated carbocycles. The maximum absolute atomic E-state index is 13.0. The lowest BCUT2D eigenvalue weighted by Crippen LogP contribution is -2.46. The lowest BCUT2D eigenvalue weighted by Gasteiger charge is -2.35. The number of carbonyl (C=O) groups excluding carboxylic acids is 1. The van der Waals surface area contributed by atoms with Gasteiger partial charge in [0, 0.05) is 38.4 Å². The van der Waals surface area contributed by atoms with Gasteiger partial charge in [-0.15, -0.1) is 0 Å². The number of aryl methyl sites for hydroxylation is 1. The Morgan fingerprint density at radius 2 is 1.68 bits per heavy atom. The second kappa shape index (κ2) is 8.41. The van der Waals surface area contributed by atoms with Crippen LogP contribution in [0.4, 0.5) is 10.1 Å². The summed E-state index contributed by atoms with van der Waals surface area (Å²) in [6.45, 7) is 7.99. The molecule has 4 nitrogen and oxygen atoms in total. The summed E-state index contributed by atoms with van der Waals surface area (Å²) in [5.74, 6) is -0.0749. The third-order valence-corrected chi connectivity index (χ3v) is 5.99. The molecule has 1 saturated heterocycles. The zero-order chi connectivity index (χ0) is 19.5. The van der Waals surface area contributed by atoms with E-state index in [-0.39, 0.29) is 17.6 Å². The number of rotatable bonds is 6. The van der Waals surface area contributed by atoms with E-state index in [0.717, 1.165) is 63.4 Å². The first-order chi connectivity index (χ1) is 13.6. The van der Waals surface area contributed by atoms with E-state index in [0.29, 0.717) is 0 Å². The number of fused-ring (bicyclic) bond motifs is 1. The van der Waals surface area contributed by atoms with Crippen LogP contribution in [0, 0.1) is 5.82 Å². The lowest BCUT2D eigenvalue weighted by molar-refractivity contribution is -0.117. The molecule has 5 heteroatoms. The Morgan fingerprint density at radius 1 is 1.00 bits per heavy atom. The predicted molar refractivity (Wildman–Crippen MR) is 110 cm³/mol. The minimum atomic E-state index is -0.183. The Kier molecular flexibility index (Phi) is 5.74. The number of carbonyl (C=O) groups is 1. The third-order valence-electron chi connectivity index (χ3n) is 5.99. The van der Waals surface area contributed by atoms with E-state index in [1.807, 2.05) is 18.2 Å². The molecule has 0 bridgehead atoms. The molecular weight excluding hydrogens is 353 g/mol. The van der Waals surface area contributed by atoms with Gasteiger partial charge in [0.2, 0.25) is 5.91 Å². The maximum Gasteiger partial charge on any atom is 0.232 e. The Balaban J connectivity index is 1.28. The summed E-state index contributed by atoms with van der Waals surface area (Å²) in [7, 11) is 0. The normalized spacial score (nSPS) is 20.2. The molecule has 1 N–H and O–H groups in total. The maximum atomic E-state index is 13.0. The third kappa shape index (κ3) is 4.26. The average molecular weight is 381 g/mol. The molecule has 0 aromatic heterocycles. The van der Waals surface area contributed by atoms with Crippen LogP contribution in [0.15, 0.2) is 42.5 Å². The Morgan fingerprint density at radius 3 is 2.39 bits per heavy atom. The van der Waals surface area contributed by atoms with E-state index < -0.39 is 0 Å². The fourth-order valence-electron chi connectivity index (χ4n) is 4.21. The summed E-state index contributed by atoms with van der Waals surface area (Å²) >= 11 is 0. The number of anilines is 1. The van der Waals surface area contributed by atoms with Crippen molar-refractivity contribution in [3.63, 3.8) is 0 Å². The monoisotopic (exact) mass is 381 g/mol. The molecule has 148 valence electrons. The van der Waals surface area contributed by atoms with Gasteiger partial charge in [0.1, 0.15) is 5.82 Å². The number of halogens is 1. The van der Waals surface area contributed by atoms with Gasteiger partial charge in [-0.25, -0.2) is 4.39 Å². The van der Waals surface area contributed by atoms with Crippen LogP contribution in [0.25, 0.3) is 0 Å². The number of hydrogen-bond acceptors (Lipinski definition) is 3. The first-order valence-electron chi connectivity index (χ1n) is 10.2. The van der Waals surface area contributed by atoms with Crippen molar-refractivity contribution in [1.29, 1.82) is 0 Å². The Bertz CT molecular complexity index is 828. The minimum Gasteiger partial charge on any atom is -0.325 e. The van der Waals surface area contributed by atoms with Crippen molar-refractivity contribution in [2.24, 2.45) is 0 Å². The Labute approximate surface area is 166 Å². The molecule has 4 rings (SSSR count). The van der Waals surface area contributed by atoms with Gasteiger partial charge in [0.15, 0.2) is 0 Å². The van der Waals surface area contributed by atoms with Gasteiger partial charge in [0.25, 0.3) is 0 Å². The van der Waals surface area contributed by atoms with Gasteiger partial charge in [-0.3, -0.25) is 9.69 Å². The zero-order valence-electron chi connectivity index (χ0n) is 16.5. The van der Waals surface area contributed by atoms with Gasteiger partial charge in [-0.1, -0.05) is 31.2 Å². The molecular formula is C23H28FN3O. The van der Waals surface area contributed by atoms with Crippen molar-refractivity contribution in [2.45, 2.75) is 32.2 Å². The van der Waals surface area contributed by atoms with E-state index in [4.69, 9.17) is 0 Å². The van der Waals surface area contributed by atoms with Gasteiger partial charge >= 0.3 is 0 Å². The molecule has 2 aliphatic rings. The summed E-state index contributed by atoms with van der Waals surface area (Å²) in [5.41, 5.74) is 4.59. The molecule has 1 unspecified atom stereocenters. The molecule has 2 heterocycles. The van der Waals surface area contributed by atoms with Crippen LogP contribution in [-0.4, -0.2) is 48.4 Å². The second-order valence-electron chi connectivity index (χ2n) is 7.85. The van der Waals surface area contributed by atoms with Gasteiger partial charge in [-0.2, -0.15) is 0 Å². The number of piperazine rings is 1. The highest BCUT2D eigenvalue weighted by Gasteiger charge is 2.31. The summed E-state index contributed by atoms with van der Waals surface area (Å²) < 4.78 is 13.0. The van der Waals surface area contributed by atoms with E-state index in [1.165, 1.54) is 23.3 Å². The summed E-state index contributed by atoms with van der Waals surface area (Å²) in [4.78, 5) is 17.3. The van der Waals surface area contributed by atoms with Gasteiger partial charge in [-0.05, 0) is 54.3 Å². The molecule has 2 aromatic rings. The topological polar surface area (TPSA) is 35.6 Å². The fourth-order valence-corrected chi connectivity index (χ4v) is 4.21. The van der Waals surface area contributed by atoms with Crippen molar-refractivity contribution < 1.29 is 9.18 Å². The van der Waals surface area contributed by atoms with Crippen molar-refractivity contribution in [3.05, 3.63) is 65.0 Å². The molecule has 1 amide bonds. The van der Waals surface area contributed by atoms with Crippen LogP contribution in [0.1, 0.15) is 36.0 Å². The van der Waals surface area contributed by atoms with Gasteiger partial charge in [0.05, 0.1) is 5.92 Å². The SMILES string of the molecule is CCc1ccc2c(c1)C(CCN1CCN(Cc3ccc(F)cc3)CC1)C(=O)N2. The number of nitrogens with zero attached hydrogens (tertiary/aromatic N) is 2. The highest BCUT2D eigenvalue weighted by atomic mass is 19.1. The van der Waals surface area contributed by atoms with Crippen LogP contribution in [0.5, 0.6) is 0 Å². The number of benzene rings is 2. The molecule has 1 fully saturated rings. The standard InChI is InChI=1S/C23H28FN3O/c1-2-17-5-8-22-21(15-17)20(23(28)25-22)9-10-26-11-13-27(14-12-26)16-18-3-6-19(24)7-4-18/h3-8,15,20H,2,9-14,16H2,1H3,(H,25,28). The first-order valence-corrected chi connectivity index (χ1v) is 10.2. The Hall–Kier alpha value is -2.24. The van der Waals surface area contributed by atoms with E-state index in [1.54, 1.807) is 0 Å². The zero-order valence-corrected chi connectivity index (χ0v) is 16.5. The molecule has 1 atom stereocenters. The largest absolute Gasteiger partial charge is 0.325 e. The van der Waals surface area contributed by atoms with E-state index in [2.05, 4.69) is 34.2 Å². The highest BCUT2D eigenvalue weighted by molar-refractivity contribution is 6.02. The van der Waals surface area contributed by atoms with Crippen molar-refractivity contribution in [2.75, 3.05) is 38.0 Å². The summed E-state index contributed by atoms with van der Waals surface area (Å²) in [5, 5.41) is 3.03. The molecule has 2 aromatic carbocycles. The minimum absolute atomic E-state index is 0.0289. The van der Waals surface area contributed by atoms with Crippen molar-refractivity contribution in [1.82, 2.24) is 9.80 Å². The molecule has 0 spiro atoms. The molecule has 0 radical (unpaired) electrons. The van der Waals surface area contributed by atoms with Crippen LogP contribution < -0.4 is 5.32 Å². The number of hydrogen-bond donors (Lipinski definition) is 1. The van der Waals surface area contributed by atoms with Gasteiger partial charge < -0.3 is 10.2 Å². The van der Waals surface area contributed by atoms with E-state index >= 15 is 0 Å². The lowest BCUT2D eigenvalue weighted by atomic mass is 9.95. The second-order valence-corrected chi connectivity index (χ2v) is 7.85. The summed E-state index contributed by atoms with van der Waals surface area (Å²) in [6, 6.07) is 13.1. The van der Waals surface area contributed by atoms with Crippen LogP contribution >= 0.6 is 0 Å². The molecule has 28 heavy (non-hydrogen) atoms. The highest BCUT2D eigenvalue weighted by Crippen LogP contribution is 2.35. The van der Waals surface area contributed by atoms with Crippen molar-refractivity contribution in [3.8, 4) is 0 Å². The van der Waals surface area contributed by atoms with E-state index in [9.17, 15) is 9.18 Å².